The first-order valence-corrected chi connectivity index (χ1v) is 4.72. The molecule has 1 aromatic carbocycles. The van der Waals surface area contributed by atoms with Crippen LogP contribution >= 0.6 is 11.6 Å². The summed E-state index contributed by atoms with van der Waals surface area (Å²) in [5.41, 5.74) is 6.38. The first-order chi connectivity index (χ1) is 6.22. The van der Waals surface area contributed by atoms with Crippen LogP contribution in [0.4, 0.5) is 0 Å². The molecule has 3 heteroatoms. The van der Waals surface area contributed by atoms with E-state index in [1.165, 1.54) is 0 Å². The van der Waals surface area contributed by atoms with E-state index in [0.717, 1.165) is 5.56 Å². The molecular formula is C10H14ClNO. The Bertz CT molecular complexity index is 265. The lowest BCUT2D eigenvalue weighted by Crippen LogP contribution is -2.15. The van der Waals surface area contributed by atoms with Crippen LogP contribution < -0.4 is 5.73 Å². The molecule has 0 aliphatic heterocycles. The van der Waals surface area contributed by atoms with E-state index in [1.807, 2.05) is 24.3 Å². The van der Waals surface area contributed by atoms with Crippen molar-refractivity contribution in [2.45, 2.75) is 18.9 Å². The minimum Gasteiger partial charge on any atom is -0.393 e. The molecule has 72 valence electrons. The zero-order chi connectivity index (χ0) is 9.68. The summed E-state index contributed by atoms with van der Waals surface area (Å²) in [6.45, 7) is 0.516. The van der Waals surface area contributed by atoms with Crippen molar-refractivity contribution in [3.63, 3.8) is 0 Å². The fourth-order valence-corrected chi connectivity index (χ4v) is 1.44. The molecule has 0 bridgehead atoms. The van der Waals surface area contributed by atoms with Crippen LogP contribution in [0.15, 0.2) is 24.3 Å². The van der Waals surface area contributed by atoms with Crippen LogP contribution in [0.3, 0.4) is 0 Å². The summed E-state index contributed by atoms with van der Waals surface area (Å²) in [5.74, 6) is 0. The molecular weight excluding hydrogens is 186 g/mol. The van der Waals surface area contributed by atoms with Gasteiger partial charge in [0.1, 0.15) is 0 Å². The molecule has 1 unspecified atom stereocenters. The minimum atomic E-state index is -0.358. The fourth-order valence-electron chi connectivity index (χ4n) is 1.23. The van der Waals surface area contributed by atoms with Gasteiger partial charge in [-0.1, -0.05) is 23.7 Å². The second kappa shape index (κ2) is 5.22. The maximum absolute atomic E-state index is 9.47. The number of benzene rings is 1. The summed E-state index contributed by atoms with van der Waals surface area (Å²) in [6, 6.07) is 7.51. The quantitative estimate of drug-likeness (QED) is 0.774. The van der Waals surface area contributed by atoms with Gasteiger partial charge in [0.05, 0.1) is 6.10 Å². The lowest BCUT2D eigenvalue weighted by atomic mass is 10.1. The Morgan fingerprint density at radius 1 is 1.46 bits per heavy atom. The molecule has 0 amide bonds. The van der Waals surface area contributed by atoms with Gasteiger partial charge in [-0.3, -0.25) is 0 Å². The van der Waals surface area contributed by atoms with Crippen LogP contribution in [-0.2, 0) is 6.42 Å². The van der Waals surface area contributed by atoms with Crippen LogP contribution in [0.5, 0.6) is 0 Å². The molecule has 0 aliphatic carbocycles. The van der Waals surface area contributed by atoms with Crippen LogP contribution in [-0.4, -0.2) is 17.8 Å². The van der Waals surface area contributed by atoms with Gasteiger partial charge in [0.25, 0.3) is 0 Å². The van der Waals surface area contributed by atoms with Crippen molar-refractivity contribution in [2.75, 3.05) is 6.54 Å². The SMILES string of the molecule is NCCC(O)Cc1cccc(Cl)c1. The standard InChI is InChI=1S/C10H14ClNO/c11-9-3-1-2-8(6-9)7-10(13)4-5-12/h1-3,6,10,13H,4-5,7,12H2. The maximum Gasteiger partial charge on any atom is 0.0592 e. The highest BCUT2D eigenvalue weighted by Crippen LogP contribution is 2.12. The lowest BCUT2D eigenvalue weighted by Gasteiger charge is -2.08. The third kappa shape index (κ3) is 3.77. The molecule has 3 N–H and O–H groups in total. The predicted octanol–water partition coefficient (Wildman–Crippen LogP) is 1.59. The van der Waals surface area contributed by atoms with E-state index in [2.05, 4.69) is 0 Å². The van der Waals surface area contributed by atoms with E-state index >= 15 is 0 Å². The highest BCUT2D eigenvalue weighted by atomic mass is 35.5. The molecule has 13 heavy (non-hydrogen) atoms. The molecule has 2 nitrogen and oxygen atoms in total. The van der Waals surface area contributed by atoms with Crippen molar-refractivity contribution in [2.24, 2.45) is 5.73 Å². The molecule has 1 atom stereocenters. The molecule has 0 aromatic heterocycles. The molecule has 0 spiro atoms. The third-order valence-corrected chi connectivity index (χ3v) is 2.10. The largest absolute Gasteiger partial charge is 0.393 e. The van der Waals surface area contributed by atoms with Gasteiger partial charge < -0.3 is 10.8 Å². The Morgan fingerprint density at radius 3 is 2.85 bits per heavy atom. The number of rotatable bonds is 4. The van der Waals surface area contributed by atoms with Crippen molar-refractivity contribution < 1.29 is 5.11 Å². The highest BCUT2D eigenvalue weighted by molar-refractivity contribution is 6.30. The smallest absolute Gasteiger partial charge is 0.0592 e. The second-order valence-corrected chi connectivity index (χ2v) is 3.50. The Morgan fingerprint density at radius 2 is 2.23 bits per heavy atom. The zero-order valence-corrected chi connectivity index (χ0v) is 8.17. The number of halogens is 1. The monoisotopic (exact) mass is 199 g/mol. The molecule has 0 saturated heterocycles. The van der Waals surface area contributed by atoms with Gasteiger partial charge in [-0.05, 0) is 37.1 Å². The van der Waals surface area contributed by atoms with E-state index in [4.69, 9.17) is 17.3 Å². The normalized spacial score (nSPS) is 12.8. The number of nitrogens with two attached hydrogens (primary N) is 1. The third-order valence-electron chi connectivity index (χ3n) is 1.86. The Balaban J connectivity index is 2.53. The van der Waals surface area contributed by atoms with Gasteiger partial charge in [-0.2, -0.15) is 0 Å². The summed E-state index contributed by atoms with van der Waals surface area (Å²) in [7, 11) is 0. The molecule has 0 heterocycles. The van der Waals surface area contributed by atoms with E-state index < -0.39 is 0 Å². The van der Waals surface area contributed by atoms with Gasteiger partial charge in [0.15, 0.2) is 0 Å². The van der Waals surface area contributed by atoms with Crippen LogP contribution in [0.25, 0.3) is 0 Å². The Hall–Kier alpha value is -0.570. The summed E-state index contributed by atoms with van der Waals surface area (Å²) >= 11 is 5.80. The van der Waals surface area contributed by atoms with Crippen LogP contribution in [0.2, 0.25) is 5.02 Å². The second-order valence-electron chi connectivity index (χ2n) is 3.07. The van der Waals surface area contributed by atoms with E-state index in [1.54, 1.807) is 0 Å². The van der Waals surface area contributed by atoms with Crippen molar-refractivity contribution >= 4 is 11.6 Å². The Kier molecular flexibility index (Phi) is 4.22. The number of aliphatic hydroxyl groups is 1. The Labute approximate surface area is 83.3 Å². The van der Waals surface area contributed by atoms with E-state index in [0.29, 0.717) is 24.4 Å². The van der Waals surface area contributed by atoms with Gasteiger partial charge >= 0.3 is 0 Å². The van der Waals surface area contributed by atoms with Gasteiger partial charge in [0.2, 0.25) is 0 Å². The summed E-state index contributed by atoms with van der Waals surface area (Å²) < 4.78 is 0. The average Bonchev–Trinajstić information content (AvgIpc) is 2.04. The topological polar surface area (TPSA) is 46.2 Å². The maximum atomic E-state index is 9.47. The molecule has 0 aliphatic rings. The summed E-state index contributed by atoms with van der Waals surface area (Å²) in [4.78, 5) is 0. The minimum absolute atomic E-state index is 0.358. The predicted molar refractivity (Wildman–Crippen MR) is 54.8 cm³/mol. The summed E-state index contributed by atoms with van der Waals surface area (Å²) in [6.07, 6.45) is 0.896. The first kappa shape index (κ1) is 10.5. The van der Waals surface area contributed by atoms with E-state index in [-0.39, 0.29) is 6.10 Å². The van der Waals surface area contributed by atoms with Crippen molar-refractivity contribution in [3.8, 4) is 0 Å². The first-order valence-electron chi connectivity index (χ1n) is 4.35. The van der Waals surface area contributed by atoms with Crippen LogP contribution in [0, 0.1) is 0 Å². The average molecular weight is 200 g/mol. The fraction of sp³-hybridized carbons (Fsp3) is 0.400. The highest BCUT2D eigenvalue weighted by Gasteiger charge is 2.04. The van der Waals surface area contributed by atoms with E-state index in [9.17, 15) is 5.11 Å². The molecule has 1 aromatic rings. The lowest BCUT2D eigenvalue weighted by molar-refractivity contribution is 0.167. The molecule has 1 rings (SSSR count). The molecule has 0 fully saturated rings. The van der Waals surface area contributed by atoms with Crippen LogP contribution in [0.1, 0.15) is 12.0 Å². The number of aliphatic hydroxyl groups excluding tert-OH is 1. The van der Waals surface area contributed by atoms with Gasteiger partial charge in [-0.15, -0.1) is 0 Å². The van der Waals surface area contributed by atoms with Gasteiger partial charge in [-0.25, -0.2) is 0 Å². The molecule has 0 radical (unpaired) electrons. The van der Waals surface area contributed by atoms with Crippen molar-refractivity contribution in [1.82, 2.24) is 0 Å². The number of hydrogen-bond donors (Lipinski definition) is 2. The van der Waals surface area contributed by atoms with Gasteiger partial charge in [0, 0.05) is 5.02 Å². The molecule has 0 saturated carbocycles. The summed E-state index contributed by atoms with van der Waals surface area (Å²) in [5, 5.41) is 10.2. The number of hydrogen-bond acceptors (Lipinski definition) is 2. The van der Waals surface area contributed by atoms with Crippen molar-refractivity contribution in [1.29, 1.82) is 0 Å². The zero-order valence-electron chi connectivity index (χ0n) is 7.41. The van der Waals surface area contributed by atoms with Crippen molar-refractivity contribution in [3.05, 3.63) is 34.9 Å².